The Bertz CT molecular complexity index is 877. The molecule has 1 aromatic carbocycles. The summed E-state index contributed by atoms with van der Waals surface area (Å²) in [4.78, 5) is 15.7. The maximum Gasteiger partial charge on any atom is 0.509 e. The number of ether oxygens (including phenoxy) is 2. The van der Waals surface area contributed by atoms with Gasteiger partial charge in [0.2, 0.25) is 0 Å². The molecule has 164 valence electrons. The van der Waals surface area contributed by atoms with E-state index in [9.17, 15) is 23.1 Å². The number of thiazole rings is 1. The minimum atomic E-state index is -4.45. The monoisotopic (exact) mass is 444 g/mol. The van der Waals surface area contributed by atoms with Crippen LogP contribution in [-0.2, 0) is 22.1 Å². The molecule has 2 heterocycles. The van der Waals surface area contributed by atoms with E-state index in [4.69, 9.17) is 9.47 Å². The molecule has 0 unspecified atom stereocenters. The molecule has 0 amide bonds. The SMILES string of the molecule is CC(C)(C)OC(=O)O[C@H]1CN[C@H](Cc2ccc(-c3cnc(C(F)(F)F)s3)cc2)[C@@H]1O. The highest BCUT2D eigenvalue weighted by Crippen LogP contribution is 2.36. The van der Waals surface area contributed by atoms with E-state index in [-0.39, 0.29) is 6.04 Å². The number of aliphatic hydroxyl groups excluding tert-OH is 1. The molecule has 0 aliphatic carbocycles. The Morgan fingerprint density at radius 2 is 1.93 bits per heavy atom. The summed E-state index contributed by atoms with van der Waals surface area (Å²) in [6.45, 7) is 5.46. The molecule has 10 heteroatoms. The molecular weight excluding hydrogens is 421 g/mol. The van der Waals surface area contributed by atoms with Gasteiger partial charge in [0.1, 0.15) is 17.8 Å². The third kappa shape index (κ3) is 5.71. The fourth-order valence-electron chi connectivity index (χ4n) is 3.07. The van der Waals surface area contributed by atoms with Crippen LogP contribution in [0.1, 0.15) is 31.3 Å². The minimum absolute atomic E-state index is 0.296. The lowest BCUT2D eigenvalue weighted by Gasteiger charge is -2.22. The number of rotatable bonds is 4. The van der Waals surface area contributed by atoms with E-state index in [1.165, 1.54) is 6.20 Å². The minimum Gasteiger partial charge on any atom is -0.429 e. The van der Waals surface area contributed by atoms with E-state index >= 15 is 0 Å². The molecule has 1 aliphatic rings. The number of aromatic nitrogens is 1. The van der Waals surface area contributed by atoms with Crippen molar-refractivity contribution in [3.8, 4) is 10.4 Å². The highest BCUT2D eigenvalue weighted by Gasteiger charge is 2.38. The van der Waals surface area contributed by atoms with Crippen LogP contribution in [0.5, 0.6) is 0 Å². The highest BCUT2D eigenvalue weighted by atomic mass is 32.1. The molecule has 0 bridgehead atoms. The van der Waals surface area contributed by atoms with Crippen molar-refractivity contribution >= 4 is 17.5 Å². The summed E-state index contributed by atoms with van der Waals surface area (Å²) in [5.41, 5.74) is 0.834. The normalized spacial score (nSPS) is 22.2. The molecule has 1 fully saturated rings. The number of nitrogens with one attached hydrogen (secondary N) is 1. The zero-order chi connectivity index (χ0) is 22.1. The Morgan fingerprint density at radius 3 is 2.50 bits per heavy atom. The third-order valence-electron chi connectivity index (χ3n) is 4.45. The van der Waals surface area contributed by atoms with Crippen LogP contribution in [0.15, 0.2) is 30.5 Å². The molecule has 1 aliphatic heterocycles. The van der Waals surface area contributed by atoms with Gasteiger partial charge in [-0.05, 0) is 38.3 Å². The van der Waals surface area contributed by atoms with Crippen LogP contribution in [0.4, 0.5) is 18.0 Å². The van der Waals surface area contributed by atoms with Crippen LogP contribution < -0.4 is 5.32 Å². The van der Waals surface area contributed by atoms with E-state index in [0.29, 0.717) is 34.7 Å². The predicted molar refractivity (Wildman–Crippen MR) is 105 cm³/mol. The maximum atomic E-state index is 12.7. The Morgan fingerprint density at radius 1 is 1.27 bits per heavy atom. The van der Waals surface area contributed by atoms with Crippen molar-refractivity contribution in [2.24, 2.45) is 0 Å². The molecule has 0 saturated carbocycles. The summed E-state index contributed by atoms with van der Waals surface area (Å²) < 4.78 is 48.5. The second kappa shape index (κ2) is 8.52. The first kappa shape index (κ1) is 22.5. The summed E-state index contributed by atoms with van der Waals surface area (Å²) in [5, 5.41) is 12.7. The number of halogens is 3. The van der Waals surface area contributed by atoms with Gasteiger partial charge < -0.3 is 19.9 Å². The van der Waals surface area contributed by atoms with Crippen LogP contribution in [0.3, 0.4) is 0 Å². The number of carbonyl (C=O) groups excluding carboxylic acids is 1. The quantitative estimate of drug-likeness (QED) is 0.694. The maximum absolute atomic E-state index is 12.7. The largest absolute Gasteiger partial charge is 0.509 e. The van der Waals surface area contributed by atoms with Gasteiger partial charge in [0.15, 0.2) is 5.01 Å². The molecular formula is C20H23F3N2O4S. The number of hydrogen-bond acceptors (Lipinski definition) is 7. The summed E-state index contributed by atoms with van der Waals surface area (Å²) in [6, 6.07) is 6.69. The lowest BCUT2D eigenvalue weighted by Crippen LogP contribution is -2.37. The first-order valence-corrected chi connectivity index (χ1v) is 10.2. The summed E-state index contributed by atoms with van der Waals surface area (Å²) >= 11 is 0.593. The summed E-state index contributed by atoms with van der Waals surface area (Å²) in [7, 11) is 0. The molecule has 2 N–H and O–H groups in total. The van der Waals surface area contributed by atoms with Crippen LogP contribution in [-0.4, -0.2) is 46.6 Å². The highest BCUT2D eigenvalue weighted by molar-refractivity contribution is 7.15. The summed E-state index contributed by atoms with van der Waals surface area (Å²) in [5.74, 6) is 0. The number of alkyl halides is 3. The fourth-order valence-corrected chi connectivity index (χ4v) is 3.86. The Labute approximate surface area is 176 Å². The van der Waals surface area contributed by atoms with E-state index in [1.807, 2.05) is 0 Å². The number of nitrogens with zero attached hydrogens (tertiary/aromatic N) is 1. The van der Waals surface area contributed by atoms with Crippen molar-refractivity contribution < 1.29 is 32.5 Å². The number of carbonyl (C=O) groups is 1. The molecule has 2 aromatic rings. The van der Waals surface area contributed by atoms with Crippen molar-refractivity contribution in [1.82, 2.24) is 10.3 Å². The number of benzene rings is 1. The number of aliphatic hydroxyl groups is 1. The van der Waals surface area contributed by atoms with Gasteiger partial charge in [0.05, 0.1) is 4.88 Å². The molecule has 0 spiro atoms. The van der Waals surface area contributed by atoms with Crippen LogP contribution in [0, 0.1) is 0 Å². The van der Waals surface area contributed by atoms with Gasteiger partial charge in [-0.2, -0.15) is 13.2 Å². The van der Waals surface area contributed by atoms with E-state index in [0.717, 1.165) is 5.56 Å². The lowest BCUT2D eigenvalue weighted by molar-refractivity contribution is -0.137. The van der Waals surface area contributed by atoms with Crippen molar-refractivity contribution in [2.45, 2.75) is 57.2 Å². The second-order valence-corrected chi connectivity index (χ2v) is 9.09. The van der Waals surface area contributed by atoms with Gasteiger partial charge in [-0.25, -0.2) is 9.78 Å². The van der Waals surface area contributed by atoms with Gasteiger partial charge in [-0.15, -0.1) is 11.3 Å². The van der Waals surface area contributed by atoms with E-state index < -0.39 is 35.1 Å². The fraction of sp³-hybridized carbons (Fsp3) is 0.500. The van der Waals surface area contributed by atoms with Crippen molar-refractivity contribution in [3.63, 3.8) is 0 Å². The first-order chi connectivity index (χ1) is 13.9. The van der Waals surface area contributed by atoms with E-state index in [2.05, 4.69) is 10.3 Å². The molecule has 30 heavy (non-hydrogen) atoms. The van der Waals surface area contributed by atoms with Gasteiger partial charge >= 0.3 is 12.3 Å². The molecule has 3 atom stereocenters. The molecule has 0 radical (unpaired) electrons. The van der Waals surface area contributed by atoms with Gasteiger partial charge in [-0.1, -0.05) is 24.3 Å². The average Bonchev–Trinajstić information content (AvgIpc) is 3.24. The Balaban J connectivity index is 1.58. The molecule has 3 rings (SSSR count). The average molecular weight is 444 g/mol. The Hall–Kier alpha value is -2.17. The zero-order valence-electron chi connectivity index (χ0n) is 16.7. The van der Waals surface area contributed by atoms with Crippen LogP contribution in [0.2, 0.25) is 0 Å². The third-order valence-corrected chi connectivity index (χ3v) is 5.55. The van der Waals surface area contributed by atoms with Crippen LogP contribution in [0.25, 0.3) is 10.4 Å². The summed E-state index contributed by atoms with van der Waals surface area (Å²) in [6.07, 6.45) is -5.24. The Kier molecular flexibility index (Phi) is 6.40. The van der Waals surface area contributed by atoms with Crippen LogP contribution >= 0.6 is 11.3 Å². The van der Waals surface area contributed by atoms with Crippen molar-refractivity contribution in [2.75, 3.05) is 6.54 Å². The molecule has 1 aromatic heterocycles. The van der Waals surface area contributed by atoms with Gasteiger partial charge in [0, 0.05) is 18.8 Å². The standard InChI is InChI=1S/C20H23F3N2O4S/c1-19(2,3)29-18(27)28-14-9-24-13(16(14)26)8-11-4-6-12(7-5-11)15-10-25-17(30-15)20(21,22)23/h4-7,10,13-14,16,24,26H,8-9H2,1-3H3/t13-,14+,16+/m1/s1. The van der Waals surface area contributed by atoms with Gasteiger partial charge in [-0.3, -0.25) is 0 Å². The van der Waals surface area contributed by atoms with Crippen molar-refractivity contribution in [1.29, 1.82) is 0 Å². The van der Waals surface area contributed by atoms with Crippen molar-refractivity contribution in [3.05, 3.63) is 41.0 Å². The van der Waals surface area contributed by atoms with E-state index in [1.54, 1.807) is 45.0 Å². The zero-order valence-corrected chi connectivity index (χ0v) is 17.5. The predicted octanol–water partition coefficient (Wildman–Crippen LogP) is 4.02. The molecule has 1 saturated heterocycles. The second-order valence-electron chi connectivity index (χ2n) is 8.05. The lowest BCUT2D eigenvalue weighted by atomic mass is 10.0. The molecule has 6 nitrogen and oxygen atoms in total. The topological polar surface area (TPSA) is 80.7 Å². The number of hydrogen-bond donors (Lipinski definition) is 2. The smallest absolute Gasteiger partial charge is 0.429 e. The van der Waals surface area contributed by atoms with Gasteiger partial charge in [0.25, 0.3) is 0 Å². The first-order valence-electron chi connectivity index (χ1n) is 9.36.